The van der Waals surface area contributed by atoms with Crippen LogP contribution in [0.15, 0.2) is 30.3 Å². The Balaban J connectivity index is 2.28. The van der Waals surface area contributed by atoms with E-state index in [1.165, 1.54) is 18.2 Å². The van der Waals surface area contributed by atoms with E-state index in [0.717, 1.165) is 12.1 Å². The number of halogens is 3. The van der Waals surface area contributed by atoms with Gasteiger partial charge in [0.25, 0.3) is 5.91 Å². The number of carbonyl (C=O) groups is 1. The molecule has 4 nitrogen and oxygen atoms in total. The highest BCUT2D eigenvalue weighted by atomic mass is 35.5. The minimum Gasteiger partial charge on any atom is -0.507 e. The molecule has 2 N–H and O–H groups in total. The smallest absolute Gasteiger partial charge is 0.259 e. The number of nitrogens with one attached hydrogen (secondary N) is 1. The molecule has 0 aliphatic rings. The highest BCUT2D eigenvalue weighted by Gasteiger charge is 2.14. The standard InChI is InChI=1S/C12H7ClF2N2O2/c13-6-1-3-9(18)7(5-6)12(19)16-8-2-4-10(14)17-11(8)15/h1-5,18H,(H,16,19). The zero-order valence-corrected chi connectivity index (χ0v) is 10.1. The van der Waals surface area contributed by atoms with Crippen molar-refractivity contribution in [2.45, 2.75) is 0 Å². The summed E-state index contributed by atoms with van der Waals surface area (Å²) in [6.45, 7) is 0. The van der Waals surface area contributed by atoms with Gasteiger partial charge < -0.3 is 10.4 Å². The summed E-state index contributed by atoms with van der Waals surface area (Å²) in [6.07, 6.45) is 0. The topological polar surface area (TPSA) is 62.2 Å². The molecule has 1 amide bonds. The number of rotatable bonds is 2. The van der Waals surface area contributed by atoms with E-state index in [9.17, 15) is 18.7 Å². The molecule has 0 saturated heterocycles. The summed E-state index contributed by atoms with van der Waals surface area (Å²) in [7, 11) is 0. The van der Waals surface area contributed by atoms with Crippen molar-refractivity contribution >= 4 is 23.2 Å². The first-order chi connectivity index (χ1) is 8.97. The van der Waals surface area contributed by atoms with Gasteiger partial charge in [-0.2, -0.15) is 13.8 Å². The van der Waals surface area contributed by atoms with Crippen LogP contribution in [-0.2, 0) is 0 Å². The Kier molecular flexibility index (Phi) is 3.62. The average Bonchev–Trinajstić information content (AvgIpc) is 2.35. The molecule has 0 saturated carbocycles. The van der Waals surface area contributed by atoms with E-state index in [0.29, 0.717) is 0 Å². The maximum absolute atomic E-state index is 13.3. The van der Waals surface area contributed by atoms with Crippen LogP contribution in [0.4, 0.5) is 14.5 Å². The van der Waals surface area contributed by atoms with Crippen LogP contribution in [0.2, 0.25) is 5.02 Å². The molecule has 0 bridgehead atoms. The van der Waals surface area contributed by atoms with Crippen LogP contribution in [0.3, 0.4) is 0 Å². The van der Waals surface area contributed by atoms with E-state index in [1.54, 1.807) is 0 Å². The fourth-order valence-electron chi connectivity index (χ4n) is 1.39. The van der Waals surface area contributed by atoms with Crippen molar-refractivity contribution in [3.05, 3.63) is 52.8 Å². The van der Waals surface area contributed by atoms with Gasteiger partial charge >= 0.3 is 0 Å². The largest absolute Gasteiger partial charge is 0.507 e. The molecule has 1 aromatic carbocycles. The Hall–Kier alpha value is -2.21. The number of pyridine rings is 1. The number of amides is 1. The summed E-state index contributed by atoms with van der Waals surface area (Å²) < 4.78 is 25.9. The van der Waals surface area contributed by atoms with Crippen molar-refractivity contribution in [1.29, 1.82) is 0 Å². The van der Waals surface area contributed by atoms with Gasteiger partial charge in [-0.15, -0.1) is 0 Å². The van der Waals surface area contributed by atoms with Crippen LogP contribution in [0.1, 0.15) is 10.4 Å². The molecule has 7 heteroatoms. The van der Waals surface area contributed by atoms with Crippen molar-refractivity contribution in [1.82, 2.24) is 4.98 Å². The third kappa shape index (κ3) is 2.97. The first kappa shape index (κ1) is 13.2. The first-order valence-corrected chi connectivity index (χ1v) is 5.47. The SMILES string of the molecule is O=C(Nc1ccc(F)nc1F)c1cc(Cl)ccc1O. The molecule has 0 aliphatic heterocycles. The van der Waals surface area contributed by atoms with E-state index in [4.69, 9.17) is 11.6 Å². The van der Waals surface area contributed by atoms with Crippen LogP contribution in [-0.4, -0.2) is 16.0 Å². The Morgan fingerprint density at radius 2 is 2.00 bits per heavy atom. The molecule has 1 aromatic heterocycles. The van der Waals surface area contributed by atoms with Crippen LogP contribution >= 0.6 is 11.6 Å². The Morgan fingerprint density at radius 3 is 2.68 bits per heavy atom. The zero-order valence-electron chi connectivity index (χ0n) is 9.32. The van der Waals surface area contributed by atoms with E-state index < -0.39 is 17.8 Å². The third-order valence-corrected chi connectivity index (χ3v) is 2.50. The first-order valence-electron chi connectivity index (χ1n) is 5.09. The Labute approximate surface area is 111 Å². The molecule has 0 spiro atoms. The van der Waals surface area contributed by atoms with Gasteiger partial charge in [0.2, 0.25) is 11.9 Å². The van der Waals surface area contributed by atoms with Crippen molar-refractivity contribution in [3.8, 4) is 5.75 Å². The number of phenolic OH excluding ortho intramolecular Hbond substituents is 1. The molecule has 0 fully saturated rings. The summed E-state index contributed by atoms with van der Waals surface area (Å²) >= 11 is 5.69. The lowest BCUT2D eigenvalue weighted by Gasteiger charge is -2.07. The van der Waals surface area contributed by atoms with Crippen LogP contribution in [0.5, 0.6) is 5.75 Å². The van der Waals surface area contributed by atoms with E-state index in [2.05, 4.69) is 10.3 Å². The minimum absolute atomic E-state index is 0.128. The number of nitrogens with zero attached hydrogens (tertiary/aromatic N) is 1. The molecule has 1 heterocycles. The molecule has 0 atom stereocenters. The third-order valence-electron chi connectivity index (χ3n) is 2.27. The second-order valence-electron chi connectivity index (χ2n) is 3.59. The number of anilines is 1. The fraction of sp³-hybridized carbons (Fsp3) is 0. The second kappa shape index (κ2) is 5.19. The Bertz CT molecular complexity index is 650. The van der Waals surface area contributed by atoms with Gasteiger partial charge in [0.05, 0.1) is 11.3 Å². The number of hydrogen-bond donors (Lipinski definition) is 2. The lowest BCUT2D eigenvalue weighted by Crippen LogP contribution is -2.14. The monoisotopic (exact) mass is 284 g/mol. The van der Waals surface area contributed by atoms with Crippen molar-refractivity contribution in [3.63, 3.8) is 0 Å². The summed E-state index contributed by atoms with van der Waals surface area (Å²) in [5, 5.41) is 11.9. The predicted octanol–water partition coefficient (Wildman–Crippen LogP) is 2.97. The highest BCUT2D eigenvalue weighted by Crippen LogP contribution is 2.23. The average molecular weight is 285 g/mol. The molecule has 98 valence electrons. The van der Waals surface area contributed by atoms with Crippen LogP contribution < -0.4 is 5.32 Å². The predicted molar refractivity (Wildman–Crippen MR) is 65.2 cm³/mol. The molecule has 0 unspecified atom stereocenters. The number of carbonyl (C=O) groups excluding carboxylic acids is 1. The summed E-state index contributed by atoms with van der Waals surface area (Å²) in [4.78, 5) is 14.7. The van der Waals surface area contributed by atoms with Crippen molar-refractivity contribution in [2.24, 2.45) is 0 Å². The zero-order chi connectivity index (χ0) is 14.0. The second-order valence-corrected chi connectivity index (χ2v) is 4.02. The summed E-state index contributed by atoms with van der Waals surface area (Å²) in [6, 6.07) is 5.78. The molecule has 2 rings (SSSR count). The number of aromatic nitrogens is 1. The number of phenols is 1. The van der Waals surface area contributed by atoms with Gasteiger partial charge in [-0.05, 0) is 30.3 Å². The number of aromatic hydroxyl groups is 1. The maximum atomic E-state index is 13.3. The van der Waals surface area contributed by atoms with Crippen molar-refractivity contribution in [2.75, 3.05) is 5.32 Å². The molecule has 0 aliphatic carbocycles. The van der Waals surface area contributed by atoms with E-state index in [1.807, 2.05) is 0 Å². The van der Waals surface area contributed by atoms with Gasteiger partial charge in [-0.25, -0.2) is 0 Å². The Morgan fingerprint density at radius 1 is 1.26 bits per heavy atom. The van der Waals surface area contributed by atoms with E-state index in [-0.39, 0.29) is 22.0 Å². The molecule has 19 heavy (non-hydrogen) atoms. The van der Waals surface area contributed by atoms with Gasteiger partial charge in [0, 0.05) is 5.02 Å². The summed E-state index contributed by atoms with van der Waals surface area (Å²) in [5.74, 6) is -3.25. The van der Waals surface area contributed by atoms with Crippen LogP contribution in [0, 0.1) is 11.9 Å². The number of benzene rings is 1. The van der Waals surface area contributed by atoms with Gasteiger partial charge in [-0.3, -0.25) is 4.79 Å². The minimum atomic E-state index is -1.16. The fourth-order valence-corrected chi connectivity index (χ4v) is 1.56. The van der Waals surface area contributed by atoms with Crippen molar-refractivity contribution < 1.29 is 18.7 Å². The molecule has 2 aromatic rings. The lowest BCUT2D eigenvalue weighted by molar-refractivity contribution is 0.102. The molecular formula is C12H7ClF2N2O2. The van der Waals surface area contributed by atoms with Gasteiger partial charge in [0.15, 0.2) is 0 Å². The lowest BCUT2D eigenvalue weighted by atomic mass is 10.2. The number of hydrogen-bond acceptors (Lipinski definition) is 3. The van der Waals surface area contributed by atoms with Crippen LogP contribution in [0.25, 0.3) is 0 Å². The van der Waals surface area contributed by atoms with Gasteiger partial charge in [0.1, 0.15) is 5.75 Å². The maximum Gasteiger partial charge on any atom is 0.259 e. The quantitative estimate of drug-likeness (QED) is 0.834. The molecular weight excluding hydrogens is 278 g/mol. The normalized spacial score (nSPS) is 10.3. The summed E-state index contributed by atoms with van der Waals surface area (Å²) in [5.41, 5.74) is -0.429. The molecule has 0 radical (unpaired) electrons. The highest BCUT2D eigenvalue weighted by molar-refractivity contribution is 6.31. The van der Waals surface area contributed by atoms with E-state index >= 15 is 0 Å². The van der Waals surface area contributed by atoms with Gasteiger partial charge in [-0.1, -0.05) is 11.6 Å².